The minimum atomic E-state index is 0.488. The maximum absolute atomic E-state index is 5.25. The Bertz CT molecular complexity index is 690. The number of tetrazole rings is 1. The zero-order valence-electron chi connectivity index (χ0n) is 11.6. The first-order valence-electron chi connectivity index (χ1n) is 6.48. The lowest BCUT2D eigenvalue weighted by atomic mass is 10.2. The minimum absolute atomic E-state index is 0.488. The van der Waals surface area contributed by atoms with Crippen LogP contribution in [0.3, 0.4) is 0 Å². The lowest BCUT2D eigenvalue weighted by molar-refractivity contribution is 0.391. The Morgan fingerprint density at radius 1 is 1.43 bits per heavy atom. The summed E-state index contributed by atoms with van der Waals surface area (Å²) in [5, 5.41) is 18.4. The van der Waals surface area contributed by atoms with Crippen molar-refractivity contribution in [2.75, 3.05) is 0 Å². The summed E-state index contributed by atoms with van der Waals surface area (Å²) in [6, 6.07) is 3.93. The monoisotopic (exact) mass is 322 g/mol. The van der Waals surface area contributed by atoms with Gasteiger partial charge in [0.1, 0.15) is 0 Å². The highest BCUT2D eigenvalue weighted by Crippen LogP contribution is 2.24. The van der Waals surface area contributed by atoms with Crippen molar-refractivity contribution in [3.63, 3.8) is 0 Å². The van der Waals surface area contributed by atoms with Crippen LogP contribution in [0.5, 0.6) is 0 Å². The van der Waals surface area contributed by atoms with E-state index in [1.54, 1.807) is 16.0 Å². The Kier molecular flexibility index (Phi) is 4.30. The summed E-state index contributed by atoms with van der Waals surface area (Å²) in [5.74, 6) is 2.24. The van der Waals surface area contributed by atoms with E-state index < -0.39 is 0 Å². The maximum atomic E-state index is 5.25. The first-order valence-corrected chi connectivity index (χ1v) is 8.34. The van der Waals surface area contributed by atoms with Gasteiger partial charge < -0.3 is 4.52 Å². The Morgan fingerprint density at radius 2 is 2.33 bits per heavy atom. The SMILES string of the molecule is CC(C)Cn1nnnc1SCc1nc(-c2cccs2)no1. The highest BCUT2D eigenvalue weighted by Gasteiger charge is 2.13. The summed E-state index contributed by atoms with van der Waals surface area (Å²) in [6.45, 7) is 5.04. The molecular formula is C12H14N6OS2. The van der Waals surface area contributed by atoms with Crippen LogP contribution in [0.2, 0.25) is 0 Å². The second-order valence-corrected chi connectivity index (χ2v) is 6.71. The number of rotatable bonds is 6. The molecule has 3 rings (SSSR count). The van der Waals surface area contributed by atoms with E-state index in [0.717, 1.165) is 16.6 Å². The van der Waals surface area contributed by atoms with Crippen LogP contribution in [0.4, 0.5) is 0 Å². The van der Waals surface area contributed by atoms with Gasteiger partial charge in [-0.25, -0.2) is 4.68 Å². The molecule has 0 aromatic carbocycles. The van der Waals surface area contributed by atoms with E-state index in [-0.39, 0.29) is 0 Å². The van der Waals surface area contributed by atoms with Crippen LogP contribution in [-0.2, 0) is 12.3 Å². The van der Waals surface area contributed by atoms with E-state index in [1.807, 2.05) is 17.5 Å². The van der Waals surface area contributed by atoms with Crippen molar-refractivity contribution in [1.29, 1.82) is 0 Å². The van der Waals surface area contributed by atoms with Gasteiger partial charge in [0.15, 0.2) is 0 Å². The van der Waals surface area contributed by atoms with Crippen molar-refractivity contribution in [3.8, 4) is 10.7 Å². The summed E-state index contributed by atoms with van der Waals surface area (Å²) in [6.07, 6.45) is 0. The van der Waals surface area contributed by atoms with Gasteiger partial charge in [-0.3, -0.25) is 0 Å². The normalized spacial score (nSPS) is 11.4. The molecule has 7 nitrogen and oxygen atoms in total. The van der Waals surface area contributed by atoms with E-state index in [9.17, 15) is 0 Å². The van der Waals surface area contributed by atoms with Crippen LogP contribution in [0.15, 0.2) is 27.2 Å². The molecule has 0 spiro atoms. The third kappa shape index (κ3) is 3.48. The predicted molar refractivity (Wildman–Crippen MR) is 79.8 cm³/mol. The van der Waals surface area contributed by atoms with Gasteiger partial charge in [0.25, 0.3) is 0 Å². The molecule has 3 aromatic rings. The van der Waals surface area contributed by atoms with Gasteiger partial charge in [0.2, 0.25) is 16.9 Å². The summed E-state index contributed by atoms with van der Waals surface area (Å²) in [7, 11) is 0. The fourth-order valence-corrected chi connectivity index (χ4v) is 3.08. The molecule has 0 unspecified atom stereocenters. The molecule has 0 saturated heterocycles. The smallest absolute Gasteiger partial charge is 0.237 e. The van der Waals surface area contributed by atoms with Crippen LogP contribution in [-0.4, -0.2) is 30.3 Å². The van der Waals surface area contributed by atoms with Gasteiger partial charge in [-0.15, -0.1) is 16.4 Å². The Balaban J connectivity index is 1.64. The minimum Gasteiger partial charge on any atom is -0.338 e. The van der Waals surface area contributed by atoms with Crippen molar-refractivity contribution in [2.45, 2.75) is 31.3 Å². The van der Waals surface area contributed by atoms with Gasteiger partial charge >= 0.3 is 0 Å². The van der Waals surface area contributed by atoms with E-state index in [4.69, 9.17) is 4.52 Å². The third-order valence-corrected chi connectivity index (χ3v) is 4.38. The summed E-state index contributed by atoms with van der Waals surface area (Å²) in [5.41, 5.74) is 0. The van der Waals surface area contributed by atoms with Crippen molar-refractivity contribution < 1.29 is 4.52 Å². The lowest BCUT2D eigenvalue weighted by Gasteiger charge is -2.05. The van der Waals surface area contributed by atoms with Gasteiger partial charge in [-0.05, 0) is 27.8 Å². The molecule has 0 amide bonds. The van der Waals surface area contributed by atoms with E-state index in [2.05, 4.69) is 39.5 Å². The number of thioether (sulfide) groups is 1. The molecule has 9 heteroatoms. The largest absolute Gasteiger partial charge is 0.338 e. The van der Waals surface area contributed by atoms with Crippen LogP contribution < -0.4 is 0 Å². The number of aromatic nitrogens is 6. The molecule has 0 bridgehead atoms. The molecule has 0 aliphatic rings. The fourth-order valence-electron chi connectivity index (χ4n) is 1.71. The van der Waals surface area contributed by atoms with Gasteiger partial charge in [0, 0.05) is 6.54 Å². The molecule has 0 N–H and O–H groups in total. The Labute approximate surface area is 129 Å². The zero-order chi connectivity index (χ0) is 14.7. The van der Waals surface area contributed by atoms with Crippen molar-refractivity contribution in [3.05, 3.63) is 23.4 Å². The predicted octanol–water partition coefficient (Wildman–Crippen LogP) is 2.73. The van der Waals surface area contributed by atoms with Gasteiger partial charge in [-0.2, -0.15) is 4.98 Å². The molecule has 110 valence electrons. The van der Waals surface area contributed by atoms with E-state index in [1.165, 1.54) is 11.8 Å². The molecule has 0 aliphatic heterocycles. The molecule has 0 radical (unpaired) electrons. The zero-order valence-corrected chi connectivity index (χ0v) is 13.3. The molecule has 3 aromatic heterocycles. The molecular weight excluding hydrogens is 308 g/mol. The van der Waals surface area contributed by atoms with Crippen LogP contribution in [0, 0.1) is 5.92 Å². The highest BCUT2D eigenvalue weighted by atomic mass is 32.2. The second kappa shape index (κ2) is 6.35. The Hall–Kier alpha value is -1.74. The third-order valence-electron chi connectivity index (χ3n) is 2.57. The van der Waals surface area contributed by atoms with E-state index >= 15 is 0 Å². The first kappa shape index (κ1) is 14.2. The molecule has 0 saturated carbocycles. The molecule has 0 aliphatic carbocycles. The molecule has 0 atom stereocenters. The molecule has 3 heterocycles. The first-order chi connectivity index (χ1) is 10.2. The summed E-state index contributed by atoms with van der Waals surface area (Å²) >= 11 is 3.08. The standard InChI is InChI=1S/C12H14N6OS2/c1-8(2)6-18-12(14-16-17-18)21-7-10-13-11(15-19-10)9-4-3-5-20-9/h3-5,8H,6-7H2,1-2H3. The van der Waals surface area contributed by atoms with Gasteiger partial charge in [0.05, 0.1) is 10.6 Å². The average molecular weight is 322 g/mol. The van der Waals surface area contributed by atoms with Crippen molar-refractivity contribution >= 4 is 23.1 Å². The molecule has 0 fully saturated rings. The summed E-state index contributed by atoms with van der Waals surface area (Å²) < 4.78 is 7.05. The van der Waals surface area contributed by atoms with Crippen LogP contribution in [0.1, 0.15) is 19.7 Å². The number of hydrogen-bond donors (Lipinski definition) is 0. The molecule has 21 heavy (non-hydrogen) atoms. The van der Waals surface area contributed by atoms with Crippen LogP contribution in [0.25, 0.3) is 10.7 Å². The van der Waals surface area contributed by atoms with Crippen molar-refractivity contribution in [1.82, 2.24) is 30.3 Å². The second-order valence-electron chi connectivity index (χ2n) is 4.82. The van der Waals surface area contributed by atoms with Gasteiger partial charge in [-0.1, -0.05) is 36.8 Å². The fraction of sp³-hybridized carbons (Fsp3) is 0.417. The summed E-state index contributed by atoms with van der Waals surface area (Å²) in [4.78, 5) is 5.38. The van der Waals surface area contributed by atoms with Crippen molar-refractivity contribution in [2.24, 2.45) is 5.92 Å². The number of hydrogen-bond acceptors (Lipinski definition) is 8. The van der Waals surface area contributed by atoms with Crippen LogP contribution >= 0.6 is 23.1 Å². The maximum Gasteiger partial charge on any atom is 0.237 e. The van der Waals surface area contributed by atoms with E-state index in [0.29, 0.717) is 23.4 Å². The number of nitrogens with zero attached hydrogens (tertiary/aromatic N) is 6. The quantitative estimate of drug-likeness (QED) is 0.645. The average Bonchev–Trinajstić information content (AvgIpc) is 3.17. The topological polar surface area (TPSA) is 82.5 Å². The number of thiophene rings is 1. The lowest BCUT2D eigenvalue weighted by Crippen LogP contribution is -2.07. The Morgan fingerprint density at radius 3 is 3.10 bits per heavy atom. The highest BCUT2D eigenvalue weighted by molar-refractivity contribution is 7.98.